The van der Waals surface area contributed by atoms with Crippen molar-refractivity contribution in [3.8, 4) is 0 Å². The summed E-state index contributed by atoms with van der Waals surface area (Å²) in [6.45, 7) is 4.80. The Labute approximate surface area is 142 Å². The molecule has 1 aliphatic heterocycles. The Hall–Kier alpha value is -2.18. The summed E-state index contributed by atoms with van der Waals surface area (Å²) in [5.74, 6) is 0.125. The third kappa shape index (κ3) is 3.49. The first-order valence-electron chi connectivity index (χ1n) is 7.89. The number of hydrogen-bond acceptors (Lipinski definition) is 3. The van der Waals surface area contributed by atoms with Crippen LogP contribution in [-0.2, 0) is 10.0 Å². The molecule has 0 saturated carbocycles. The van der Waals surface area contributed by atoms with Crippen LogP contribution in [0.1, 0.15) is 16.8 Å². The minimum atomic E-state index is -3.42. The van der Waals surface area contributed by atoms with Crippen LogP contribution in [-0.4, -0.2) is 38.9 Å². The molecule has 3 rings (SSSR count). The lowest BCUT2D eigenvalue weighted by atomic mass is 10.0. The summed E-state index contributed by atoms with van der Waals surface area (Å²) in [6.07, 6.45) is 0.788. The third-order valence-corrected chi connectivity index (χ3v) is 5.39. The van der Waals surface area contributed by atoms with Crippen LogP contribution in [0, 0.1) is 5.92 Å². The van der Waals surface area contributed by atoms with Crippen LogP contribution >= 0.6 is 0 Å². The maximum absolute atomic E-state index is 12.8. The molecular weight excluding hydrogens is 324 g/mol. The first kappa shape index (κ1) is 16.7. The van der Waals surface area contributed by atoms with Gasteiger partial charge in [-0.2, -0.15) is 0 Å². The fourth-order valence-electron chi connectivity index (χ4n) is 3.06. The zero-order chi connectivity index (χ0) is 17.2. The van der Waals surface area contributed by atoms with Crippen molar-refractivity contribution < 1.29 is 13.2 Å². The lowest BCUT2D eigenvalue weighted by Gasteiger charge is -2.18. The highest BCUT2D eigenvalue weighted by atomic mass is 32.2. The number of sulfonamides is 1. The highest BCUT2D eigenvalue weighted by Crippen LogP contribution is 2.23. The summed E-state index contributed by atoms with van der Waals surface area (Å²) in [6, 6.07) is 13.5. The van der Waals surface area contributed by atoms with Crippen molar-refractivity contribution in [3.05, 3.63) is 60.0 Å². The standard InChI is InChI=1S/C18H20N2O3S/c1-2-24(22,23)19-12-14-10-11-20(13-14)18(21)17-9-5-7-15-6-3-4-8-16(15)17/h2-9,14,19H,1,10-13H2. The second-order valence-corrected chi connectivity index (χ2v) is 7.70. The summed E-state index contributed by atoms with van der Waals surface area (Å²) in [7, 11) is -3.42. The topological polar surface area (TPSA) is 66.5 Å². The molecule has 24 heavy (non-hydrogen) atoms. The maximum Gasteiger partial charge on any atom is 0.254 e. The lowest BCUT2D eigenvalue weighted by Crippen LogP contribution is -2.32. The Morgan fingerprint density at radius 2 is 2.00 bits per heavy atom. The van der Waals surface area contributed by atoms with Gasteiger partial charge in [0.25, 0.3) is 5.91 Å². The number of benzene rings is 2. The molecule has 5 nitrogen and oxygen atoms in total. The molecule has 0 bridgehead atoms. The van der Waals surface area contributed by atoms with Crippen LogP contribution in [0.3, 0.4) is 0 Å². The summed E-state index contributed by atoms with van der Waals surface area (Å²) < 4.78 is 25.4. The molecule has 1 N–H and O–H groups in total. The molecule has 1 fully saturated rings. The summed E-state index contributed by atoms with van der Waals surface area (Å²) >= 11 is 0. The molecule has 2 aromatic carbocycles. The zero-order valence-corrected chi connectivity index (χ0v) is 14.1. The lowest BCUT2D eigenvalue weighted by molar-refractivity contribution is 0.0789. The van der Waals surface area contributed by atoms with Gasteiger partial charge in [0, 0.05) is 30.6 Å². The van der Waals surface area contributed by atoms with Crippen LogP contribution in [0.2, 0.25) is 0 Å². The molecule has 1 saturated heterocycles. The van der Waals surface area contributed by atoms with E-state index in [0.29, 0.717) is 25.2 Å². The smallest absolute Gasteiger partial charge is 0.254 e. The maximum atomic E-state index is 12.8. The normalized spacial score (nSPS) is 18.0. The number of nitrogens with zero attached hydrogens (tertiary/aromatic N) is 1. The molecule has 6 heteroatoms. The Balaban J connectivity index is 1.71. The summed E-state index contributed by atoms with van der Waals surface area (Å²) in [4.78, 5) is 14.6. The molecule has 126 valence electrons. The van der Waals surface area contributed by atoms with Crippen LogP contribution in [0.25, 0.3) is 10.8 Å². The van der Waals surface area contributed by atoms with Crippen LogP contribution in [0.15, 0.2) is 54.5 Å². The van der Waals surface area contributed by atoms with Gasteiger partial charge in [-0.25, -0.2) is 13.1 Å². The molecule has 0 aliphatic carbocycles. The largest absolute Gasteiger partial charge is 0.338 e. The predicted octanol–water partition coefficient (Wildman–Crippen LogP) is 2.36. The van der Waals surface area contributed by atoms with Crippen LogP contribution in [0.4, 0.5) is 0 Å². The van der Waals surface area contributed by atoms with Gasteiger partial charge in [0.1, 0.15) is 0 Å². The van der Waals surface area contributed by atoms with Gasteiger partial charge >= 0.3 is 0 Å². The molecular formula is C18H20N2O3S. The third-order valence-electron chi connectivity index (χ3n) is 4.39. The van der Waals surface area contributed by atoms with Gasteiger partial charge in [-0.15, -0.1) is 0 Å². The Morgan fingerprint density at radius 3 is 2.79 bits per heavy atom. The van der Waals surface area contributed by atoms with E-state index in [2.05, 4.69) is 11.3 Å². The zero-order valence-electron chi connectivity index (χ0n) is 13.3. The quantitative estimate of drug-likeness (QED) is 0.905. The monoisotopic (exact) mass is 344 g/mol. The summed E-state index contributed by atoms with van der Waals surface area (Å²) in [5, 5.41) is 2.89. The number of hydrogen-bond donors (Lipinski definition) is 1. The van der Waals surface area contributed by atoms with Crippen LogP contribution in [0.5, 0.6) is 0 Å². The number of nitrogens with one attached hydrogen (secondary N) is 1. The van der Waals surface area contributed by atoms with Gasteiger partial charge in [-0.3, -0.25) is 4.79 Å². The van der Waals surface area contributed by atoms with Gasteiger partial charge in [0.05, 0.1) is 0 Å². The van der Waals surface area contributed by atoms with Gasteiger partial charge in [0.15, 0.2) is 0 Å². The van der Waals surface area contributed by atoms with Crippen molar-refractivity contribution in [1.82, 2.24) is 9.62 Å². The first-order chi connectivity index (χ1) is 11.5. The molecule has 0 spiro atoms. The van der Waals surface area contributed by atoms with Crippen molar-refractivity contribution in [3.63, 3.8) is 0 Å². The van der Waals surface area contributed by atoms with E-state index < -0.39 is 10.0 Å². The van der Waals surface area contributed by atoms with Crippen molar-refractivity contribution in [2.45, 2.75) is 6.42 Å². The van der Waals surface area contributed by atoms with Gasteiger partial charge < -0.3 is 4.90 Å². The van der Waals surface area contributed by atoms with E-state index in [0.717, 1.165) is 22.6 Å². The summed E-state index contributed by atoms with van der Waals surface area (Å²) in [5.41, 5.74) is 0.695. The van der Waals surface area contributed by atoms with E-state index in [1.54, 1.807) is 4.90 Å². The highest BCUT2D eigenvalue weighted by molar-refractivity contribution is 7.92. The van der Waals surface area contributed by atoms with E-state index in [1.807, 2.05) is 42.5 Å². The molecule has 1 heterocycles. The fourth-order valence-corrected chi connectivity index (χ4v) is 3.64. The number of amides is 1. The van der Waals surface area contributed by atoms with E-state index in [1.165, 1.54) is 0 Å². The van der Waals surface area contributed by atoms with E-state index in [4.69, 9.17) is 0 Å². The molecule has 0 radical (unpaired) electrons. The Morgan fingerprint density at radius 1 is 1.25 bits per heavy atom. The second kappa shape index (κ2) is 6.75. The van der Waals surface area contributed by atoms with Crippen molar-refractivity contribution in [2.75, 3.05) is 19.6 Å². The van der Waals surface area contributed by atoms with Crippen LogP contribution < -0.4 is 4.72 Å². The average molecular weight is 344 g/mol. The van der Waals surface area contributed by atoms with Gasteiger partial charge in [-0.1, -0.05) is 43.0 Å². The van der Waals surface area contributed by atoms with Gasteiger partial charge in [-0.05, 0) is 29.2 Å². The molecule has 1 atom stereocenters. The van der Waals surface area contributed by atoms with Crippen molar-refractivity contribution in [2.24, 2.45) is 5.92 Å². The van der Waals surface area contributed by atoms with E-state index in [-0.39, 0.29) is 11.8 Å². The number of carbonyl (C=O) groups is 1. The first-order valence-corrected chi connectivity index (χ1v) is 9.44. The molecule has 2 aromatic rings. The minimum absolute atomic E-state index is 0.000813. The van der Waals surface area contributed by atoms with E-state index in [9.17, 15) is 13.2 Å². The number of fused-ring (bicyclic) bond motifs is 1. The molecule has 1 unspecified atom stereocenters. The fraction of sp³-hybridized carbons (Fsp3) is 0.278. The minimum Gasteiger partial charge on any atom is -0.338 e. The molecule has 1 amide bonds. The highest BCUT2D eigenvalue weighted by Gasteiger charge is 2.28. The SMILES string of the molecule is C=CS(=O)(=O)NCC1CCN(C(=O)c2cccc3ccccc23)C1. The average Bonchev–Trinajstić information content (AvgIpc) is 3.08. The number of likely N-dealkylation sites (tertiary alicyclic amines) is 1. The second-order valence-electron chi connectivity index (χ2n) is 5.99. The Bertz CT molecular complexity index is 871. The molecule has 0 aromatic heterocycles. The Kier molecular flexibility index (Phi) is 4.69. The number of rotatable bonds is 5. The van der Waals surface area contributed by atoms with Gasteiger partial charge in [0.2, 0.25) is 10.0 Å². The van der Waals surface area contributed by atoms with E-state index >= 15 is 0 Å². The predicted molar refractivity (Wildman–Crippen MR) is 95.1 cm³/mol. The molecule has 1 aliphatic rings. The number of carbonyl (C=O) groups excluding carboxylic acids is 1. The van der Waals surface area contributed by atoms with Crippen molar-refractivity contribution in [1.29, 1.82) is 0 Å². The van der Waals surface area contributed by atoms with Crippen molar-refractivity contribution >= 4 is 26.7 Å².